The number of rotatable bonds is 5. The number of hydrogen-bond acceptors (Lipinski definition) is 4. The molecule has 0 saturated carbocycles. The smallest absolute Gasteiger partial charge is 0.257 e. The van der Waals surface area contributed by atoms with Crippen molar-refractivity contribution >= 4 is 23.2 Å². The Morgan fingerprint density at radius 2 is 1.39 bits per heavy atom. The predicted molar refractivity (Wildman–Crippen MR) is 107 cm³/mol. The Labute approximate surface area is 162 Å². The van der Waals surface area contributed by atoms with E-state index in [0.717, 1.165) is 6.42 Å². The van der Waals surface area contributed by atoms with Gasteiger partial charge in [-0.2, -0.15) is 5.26 Å². The highest BCUT2D eigenvalue weighted by atomic mass is 16.2. The van der Waals surface area contributed by atoms with Crippen LogP contribution in [0.4, 0.5) is 11.4 Å². The molecule has 0 bridgehead atoms. The summed E-state index contributed by atoms with van der Waals surface area (Å²) in [4.78, 5) is 28.9. The summed E-state index contributed by atoms with van der Waals surface area (Å²) in [5.41, 5.74) is 3.46. The van der Waals surface area contributed by atoms with Crippen LogP contribution in [-0.4, -0.2) is 16.8 Å². The molecule has 6 heteroatoms. The van der Waals surface area contributed by atoms with E-state index in [4.69, 9.17) is 5.26 Å². The molecule has 28 heavy (non-hydrogen) atoms. The van der Waals surface area contributed by atoms with Crippen LogP contribution in [0, 0.1) is 11.3 Å². The van der Waals surface area contributed by atoms with E-state index in [9.17, 15) is 9.59 Å². The molecule has 2 aromatic carbocycles. The normalized spacial score (nSPS) is 10.0. The number of pyridine rings is 1. The molecule has 0 aliphatic carbocycles. The Morgan fingerprint density at radius 3 is 1.86 bits per heavy atom. The van der Waals surface area contributed by atoms with Crippen LogP contribution in [0.3, 0.4) is 0 Å². The third-order valence-corrected chi connectivity index (χ3v) is 4.15. The molecular formula is C22H18N4O2. The summed E-state index contributed by atoms with van der Waals surface area (Å²) in [6.07, 6.45) is 3.73. The molecule has 0 unspecified atom stereocenters. The van der Waals surface area contributed by atoms with Gasteiger partial charge >= 0.3 is 0 Å². The quantitative estimate of drug-likeness (QED) is 0.709. The van der Waals surface area contributed by atoms with Crippen molar-refractivity contribution in [3.8, 4) is 6.07 Å². The molecule has 0 aliphatic heterocycles. The van der Waals surface area contributed by atoms with Gasteiger partial charge in [-0.05, 0) is 54.4 Å². The van der Waals surface area contributed by atoms with E-state index in [2.05, 4.69) is 22.5 Å². The third kappa shape index (κ3) is 4.59. The molecule has 0 aliphatic rings. The van der Waals surface area contributed by atoms with Crippen LogP contribution in [0.1, 0.15) is 38.8 Å². The molecule has 0 radical (unpaired) electrons. The number of anilines is 2. The molecule has 3 aromatic rings. The van der Waals surface area contributed by atoms with Crippen LogP contribution in [0.2, 0.25) is 0 Å². The fraction of sp³-hybridized carbons (Fsp3) is 0.0909. The van der Waals surface area contributed by atoms with Gasteiger partial charge in [0.1, 0.15) is 0 Å². The number of aryl methyl sites for hydroxylation is 1. The first-order chi connectivity index (χ1) is 13.6. The molecule has 0 saturated heterocycles. The lowest BCUT2D eigenvalue weighted by atomic mass is 10.1. The van der Waals surface area contributed by atoms with Crippen molar-refractivity contribution in [2.45, 2.75) is 13.3 Å². The summed E-state index contributed by atoms with van der Waals surface area (Å²) in [6.45, 7) is 2.06. The van der Waals surface area contributed by atoms with Crippen LogP contribution in [0.5, 0.6) is 0 Å². The largest absolute Gasteiger partial charge is 0.322 e. The molecule has 2 N–H and O–H groups in total. The maximum atomic E-state index is 12.5. The summed E-state index contributed by atoms with van der Waals surface area (Å²) in [5, 5.41) is 14.3. The lowest BCUT2D eigenvalue weighted by molar-refractivity contribution is 0.102. The molecule has 0 fully saturated rings. The van der Waals surface area contributed by atoms with Crippen molar-refractivity contribution in [1.82, 2.24) is 4.98 Å². The number of nitrogens with one attached hydrogen (secondary N) is 2. The van der Waals surface area contributed by atoms with Crippen molar-refractivity contribution in [3.63, 3.8) is 0 Å². The highest BCUT2D eigenvalue weighted by Gasteiger charge is 2.12. The molecule has 1 aromatic heterocycles. The lowest BCUT2D eigenvalue weighted by Crippen LogP contribution is -2.16. The second-order valence-electron chi connectivity index (χ2n) is 6.11. The zero-order chi connectivity index (χ0) is 19.9. The maximum Gasteiger partial charge on any atom is 0.257 e. The highest BCUT2D eigenvalue weighted by Crippen LogP contribution is 2.14. The van der Waals surface area contributed by atoms with Crippen molar-refractivity contribution in [2.75, 3.05) is 10.6 Å². The van der Waals surface area contributed by atoms with Crippen molar-refractivity contribution in [3.05, 3.63) is 89.2 Å². The van der Waals surface area contributed by atoms with Crippen molar-refractivity contribution in [2.24, 2.45) is 0 Å². The lowest BCUT2D eigenvalue weighted by Gasteiger charge is -2.08. The van der Waals surface area contributed by atoms with Gasteiger partial charge in [-0.3, -0.25) is 14.6 Å². The Bertz CT molecular complexity index is 1040. The van der Waals surface area contributed by atoms with E-state index in [0.29, 0.717) is 16.9 Å². The summed E-state index contributed by atoms with van der Waals surface area (Å²) in [6, 6.07) is 17.6. The summed E-state index contributed by atoms with van der Waals surface area (Å²) < 4.78 is 0. The minimum absolute atomic E-state index is 0.262. The van der Waals surface area contributed by atoms with E-state index >= 15 is 0 Å². The van der Waals surface area contributed by atoms with Crippen LogP contribution in [0.15, 0.2) is 67.0 Å². The minimum Gasteiger partial charge on any atom is -0.322 e. The van der Waals surface area contributed by atoms with E-state index < -0.39 is 0 Å². The number of amides is 2. The Morgan fingerprint density at radius 1 is 0.893 bits per heavy atom. The molecule has 138 valence electrons. The number of carbonyl (C=O) groups is 2. The van der Waals surface area contributed by atoms with E-state index in [-0.39, 0.29) is 22.9 Å². The number of nitrogens with zero attached hydrogens (tertiary/aromatic N) is 2. The SMILES string of the molecule is CCc1ccc(NC(=O)c2cncc(C(=O)Nc3ccc(C#N)cc3)c2)cc1. The zero-order valence-electron chi connectivity index (χ0n) is 15.3. The summed E-state index contributed by atoms with van der Waals surface area (Å²) in [5.74, 6) is -0.732. The average molecular weight is 370 g/mol. The van der Waals surface area contributed by atoms with Crippen molar-refractivity contribution in [1.29, 1.82) is 5.26 Å². The number of carbonyl (C=O) groups excluding carboxylic acids is 2. The van der Waals surface area contributed by atoms with Gasteiger partial charge in [0.2, 0.25) is 0 Å². The number of benzene rings is 2. The zero-order valence-corrected chi connectivity index (χ0v) is 15.3. The molecule has 0 atom stereocenters. The van der Waals surface area contributed by atoms with Gasteiger partial charge in [-0.25, -0.2) is 0 Å². The first-order valence-electron chi connectivity index (χ1n) is 8.76. The molecular weight excluding hydrogens is 352 g/mol. The monoisotopic (exact) mass is 370 g/mol. The van der Waals surface area contributed by atoms with Gasteiger partial charge in [0.15, 0.2) is 0 Å². The van der Waals surface area contributed by atoms with E-state index in [1.54, 1.807) is 24.3 Å². The Balaban J connectivity index is 1.70. The minimum atomic E-state index is -0.390. The number of hydrogen-bond donors (Lipinski definition) is 2. The molecule has 2 amide bonds. The van der Waals surface area contributed by atoms with E-state index in [1.165, 1.54) is 24.0 Å². The van der Waals surface area contributed by atoms with Gasteiger partial charge in [-0.15, -0.1) is 0 Å². The fourth-order valence-corrected chi connectivity index (χ4v) is 2.55. The van der Waals surface area contributed by atoms with Crippen LogP contribution in [-0.2, 0) is 6.42 Å². The first kappa shape index (κ1) is 18.8. The van der Waals surface area contributed by atoms with Crippen LogP contribution in [0.25, 0.3) is 0 Å². The van der Waals surface area contributed by atoms with Crippen LogP contribution < -0.4 is 10.6 Å². The summed E-state index contributed by atoms with van der Waals surface area (Å²) in [7, 11) is 0. The summed E-state index contributed by atoms with van der Waals surface area (Å²) >= 11 is 0. The number of aromatic nitrogens is 1. The second kappa shape index (κ2) is 8.60. The molecule has 6 nitrogen and oxygen atoms in total. The van der Waals surface area contributed by atoms with Gasteiger partial charge in [-0.1, -0.05) is 19.1 Å². The van der Waals surface area contributed by atoms with Crippen LogP contribution >= 0.6 is 0 Å². The average Bonchev–Trinajstić information content (AvgIpc) is 2.75. The third-order valence-electron chi connectivity index (χ3n) is 4.15. The molecule has 0 spiro atoms. The fourth-order valence-electron chi connectivity index (χ4n) is 2.55. The first-order valence-corrected chi connectivity index (χ1v) is 8.76. The predicted octanol–water partition coefficient (Wildman–Crippen LogP) is 4.02. The van der Waals surface area contributed by atoms with Gasteiger partial charge in [0.25, 0.3) is 11.8 Å². The van der Waals surface area contributed by atoms with Gasteiger partial charge in [0, 0.05) is 23.8 Å². The topological polar surface area (TPSA) is 94.9 Å². The van der Waals surface area contributed by atoms with Gasteiger partial charge < -0.3 is 10.6 Å². The number of nitriles is 1. The Hall–Kier alpha value is -3.98. The standard InChI is InChI=1S/C22H18N4O2/c1-2-15-3-7-19(8-4-15)25-21(27)17-11-18(14-24-13-17)22(28)26-20-9-5-16(12-23)6-10-20/h3-11,13-14H,2H2,1H3,(H,25,27)(H,26,28). The van der Waals surface area contributed by atoms with E-state index in [1.807, 2.05) is 30.3 Å². The second-order valence-corrected chi connectivity index (χ2v) is 6.11. The maximum absolute atomic E-state index is 12.5. The van der Waals surface area contributed by atoms with Gasteiger partial charge in [0.05, 0.1) is 22.8 Å². The highest BCUT2D eigenvalue weighted by molar-refractivity contribution is 6.08. The molecule has 3 rings (SSSR count). The Kier molecular flexibility index (Phi) is 5.78. The van der Waals surface area contributed by atoms with Crippen molar-refractivity contribution < 1.29 is 9.59 Å². The molecule has 1 heterocycles.